The second-order valence-corrected chi connectivity index (χ2v) is 6.79. The molecule has 0 bridgehead atoms. The van der Waals surface area contributed by atoms with E-state index < -0.39 is 12.0 Å². The zero-order valence-corrected chi connectivity index (χ0v) is 16.1. The molecule has 2 amide bonds. The molecule has 0 aliphatic heterocycles. The number of para-hydroxylation sites is 1. The first-order valence-corrected chi connectivity index (χ1v) is 9.33. The van der Waals surface area contributed by atoms with Crippen LogP contribution in [-0.4, -0.2) is 17.9 Å². The molecule has 3 aromatic rings. The van der Waals surface area contributed by atoms with Crippen LogP contribution in [0.1, 0.15) is 29.5 Å². The normalized spacial score (nSPS) is 11.7. The maximum absolute atomic E-state index is 13.1. The van der Waals surface area contributed by atoms with Gasteiger partial charge in [-0.05, 0) is 36.6 Å². The molecule has 0 unspecified atom stereocenters. The largest absolute Gasteiger partial charge is 0.344 e. The molecular weight excluding hydrogens is 348 g/mol. The Morgan fingerprint density at radius 2 is 1.21 bits per heavy atom. The molecule has 2 N–H and O–H groups in total. The van der Waals surface area contributed by atoms with Gasteiger partial charge in [0.1, 0.15) is 6.04 Å². The fourth-order valence-corrected chi connectivity index (χ4v) is 3.10. The maximum Gasteiger partial charge on any atom is 0.246 e. The zero-order chi connectivity index (χ0) is 19.9. The number of hydrogen-bond donors (Lipinski definition) is 2. The van der Waals surface area contributed by atoms with E-state index in [0.717, 1.165) is 22.4 Å². The highest BCUT2D eigenvalue weighted by Crippen LogP contribution is 2.25. The molecule has 0 saturated heterocycles. The van der Waals surface area contributed by atoms with Crippen LogP contribution in [0.5, 0.6) is 0 Å². The molecule has 0 spiro atoms. The molecule has 3 aromatic carbocycles. The summed E-state index contributed by atoms with van der Waals surface area (Å²) in [5, 5.41) is 5.75. The average Bonchev–Trinajstić information content (AvgIpc) is 2.71. The molecule has 0 aliphatic carbocycles. The smallest absolute Gasteiger partial charge is 0.246 e. The quantitative estimate of drug-likeness (QED) is 0.679. The van der Waals surface area contributed by atoms with E-state index in [9.17, 15) is 9.59 Å². The van der Waals surface area contributed by atoms with Gasteiger partial charge in [0.15, 0.2) is 0 Å². The van der Waals surface area contributed by atoms with Gasteiger partial charge in [0.25, 0.3) is 0 Å². The Hall–Kier alpha value is -3.40. The number of hydrogen-bond acceptors (Lipinski definition) is 2. The predicted molar refractivity (Wildman–Crippen MR) is 112 cm³/mol. The van der Waals surface area contributed by atoms with Crippen molar-refractivity contribution >= 4 is 17.5 Å². The minimum atomic E-state index is -0.665. The molecule has 0 heterocycles. The number of nitrogens with one attached hydrogen (secondary N) is 2. The van der Waals surface area contributed by atoms with Crippen molar-refractivity contribution in [2.45, 2.75) is 25.8 Å². The van der Waals surface area contributed by atoms with Gasteiger partial charge < -0.3 is 10.6 Å². The van der Waals surface area contributed by atoms with Crippen LogP contribution < -0.4 is 10.6 Å². The van der Waals surface area contributed by atoms with Crippen molar-refractivity contribution in [3.8, 4) is 0 Å². The van der Waals surface area contributed by atoms with Gasteiger partial charge >= 0.3 is 0 Å². The van der Waals surface area contributed by atoms with E-state index in [2.05, 4.69) is 10.6 Å². The van der Waals surface area contributed by atoms with Gasteiger partial charge in [-0.1, -0.05) is 78.9 Å². The zero-order valence-electron chi connectivity index (χ0n) is 16.1. The van der Waals surface area contributed by atoms with Crippen LogP contribution >= 0.6 is 0 Å². The van der Waals surface area contributed by atoms with Gasteiger partial charge in [-0.25, -0.2) is 0 Å². The van der Waals surface area contributed by atoms with Crippen LogP contribution in [0.4, 0.5) is 5.69 Å². The third-order valence-corrected chi connectivity index (χ3v) is 4.68. The second kappa shape index (κ2) is 9.00. The van der Waals surface area contributed by atoms with E-state index in [0.29, 0.717) is 0 Å². The number of aryl methyl sites for hydroxylation is 1. The summed E-state index contributed by atoms with van der Waals surface area (Å²) in [6.07, 6.45) is 0. The van der Waals surface area contributed by atoms with Crippen molar-refractivity contribution in [1.29, 1.82) is 0 Å². The molecule has 28 heavy (non-hydrogen) atoms. The van der Waals surface area contributed by atoms with Crippen molar-refractivity contribution in [1.82, 2.24) is 5.32 Å². The summed E-state index contributed by atoms with van der Waals surface area (Å²) in [6.45, 7) is 3.62. The minimum absolute atomic E-state index is 0.204. The summed E-state index contributed by atoms with van der Waals surface area (Å²) in [6, 6.07) is 26.1. The van der Waals surface area contributed by atoms with Gasteiger partial charge in [-0.15, -0.1) is 0 Å². The summed E-state index contributed by atoms with van der Waals surface area (Å²) in [7, 11) is 0. The number of benzene rings is 3. The first-order chi connectivity index (χ1) is 13.6. The van der Waals surface area contributed by atoms with Crippen LogP contribution in [0.3, 0.4) is 0 Å². The first-order valence-electron chi connectivity index (χ1n) is 9.33. The fraction of sp³-hybridized carbons (Fsp3) is 0.167. The van der Waals surface area contributed by atoms with Crippen LogP contribution in [-0.2, 0) is 9.59 Å². The molecule has 1 atom stereocenters. The topological polar surface area (TPSA) is 58.2 Å². The molecule has 0 saturated carbocycles. The molecule has 0 aromatic heterocycles. The Bertz CT molecular complexity index is 900. The number of carbonyl (C=O) groups excluding carboxylic acids is 2. The highest BCUT2D eigenvalue weighted by Gasteiger charge is 2.25. The molecule has 4 heteroatoms. The van der Waals surface area contributed by atoms with E-state index >= 15 is 0 Å². The molecular formula is C24H24N2O2. The SMILES string of the molecule is Cc1ccccc1NC(=O)[C@@H](C)NC(=O)C(c1ccccc1)c1ccccc1. The number of carbonyl (C=O) groups is 2. The Kier molecular flexibility index (Phi) is 6.22. The van der Waals surface area contributed by atoms with E-state index in [-0.39, 0.29) is 11.8 Å². The van der Waals surface area contributed by atoms with E-state index in [4.69, 9.17) is 0 Å². The summed E-state index contributed by atoms with van der Waals surface area (Å²) >= 11 is 0. The van der Waals surface area contributed by atoms with Crippen molar-refractivity contribution in [3.63, 3.8) is 0 Å². The molecule has 142 valence electrons. The summed E-state index contributed by atoms with van der Waals surface area (Å²) in [4.78, 5) is 25.7. The van der Waals surface area contributed by atoms with Gasteiger partial charge in [0.2, 0.25) is 11.8 Å². The summed E-state index contributed by atoms with van der Waals surface area (Å²) in [5.74, 6) is -0.927. The maximum atomic E-state index is 13.1. The molecule has 3 rings (SSSR count). The molecule has 0 radical (unpaired) electrons. The van der Waals surface area contributed by atoms with E-state index in [1.54, 1.807) is 6.92 Å². The van der Waals surface area contributed by atoms with Gasteiger partial charge in [0, 0.05) is 5.69 Å². The molecule has 0 aliphatic rings. The van der Waals surface area contributed by atoms with Crippen molar-refractivity contribution < 1.29 is 9.59 Å². The first kappa shape index (κ1) is 19.4. The van der Waals surface area contributed by atoms with E-state index in [1.807, 2.05) is 91.9 Å². The van der Waals surface area contributed by atoms with Crippen LogP contribution in [0.2, 0.25) is 0 Å². The number of rotatable bonds is 6. The van der Waals surface area contributed by atoms with Gasteiger partial charge in [-0.2, -0.15) is 0 Å². The van der Waals surface area contributed by atoms with Crippen LogP contribution in [0, 0.1) is 6.92 Å². The lowest BCUT2D eigenvalue weighted by Crippen LogP contribution is -2.43. The Labute approximate surface area is 165 Å². The van der Waals surface area contributed by atoms with Crippen molar-refractivity contribution in [2.24, 2.45) is 0 Å². The summed E-state index contributed by atoms with van der Waals surface area (Å²) in [5.41, 5.74) is 3.49. The lowest BCUT2D eigenvalue weighted by Gasteiger charge is -2.21. The van der Waals surface area contributed by atoms with Crippen molar-refractivity contribution in [3.05, 3.63) is 102 Å². The molecule has 0 fully saturated rings. The summed E-state index contributed by atoms with van der Waals surface area (Å²) < 4.78 is 0. The third-order valence-electron chi connectivity index (χ3n) is 4.68. The fourth-order valence-electron chi connectivity index (χ4n) is 3.10. The number of anilines is 1. The Balaban J connectivity index is 1.76. The molecule has 4 nitrogen and oxygen atoms in total. The minimum Gasteiger partial charge on any atom is -0.344 e. The monoisotopic (exact) mass is 372 g/mol. The predicted octanol–water partition coefficient (Wildman–Crippen LogP) is 4.27. The highest BCUT2D eigenvalue weighted by molar-refractivity contribution is 5.98. The van der Waals surface area contributed by atoms with E-state index in [1.165, 1.54) is 0 Å². The standard InChI is InChI=1S/C24H24N2O2/c1-17-11-9-10-16-21(17)26-23(27)18(2)25-24(28)22(19-12-5-3-6-13-19)20-14-7-4-8-15-20/h3-16,18,22H,1-2H3,(H,25,28)(H,26,27)/t18-/m1/s1. The average molecular weight is 372 g/mol. The van der Waals surface area contributed by atoms with Crippen molar-refractivity contribution in [2.75, 3.05) is 5.32 Å². The lowest BCUT2D eigenvalue weighted by atomic mass is 9.90. The number of amides is 2. The van der Waals surface area contributed by atoms with Crippen LogP contribution in [0.15, 0.2) is 84.9 Å². The van der Waals surface area contributed by atoms with Crippen LogP contribution in [0.25, 0.3) is 0 Å². The van der Waals surface area contributed by atoms with Gasteiger partial charge in [0.05, 0.1) is 5.92 Å². The Morgan fingerprint density at radius 3 is 1.75 bits per heavy atom. The van der Waals surface area contributed by atoms with Gasteiger partial charge in [-0.3, -0.25) is 9.59 Å². The third kappa shape index (κ3) is 4.65. The Morgan fingerprint density at radius 1 is 0.714 bits per heavy atom. The lowest BCUT2D eigenvalue weighted by molar-refractivity contribution is -0.126. The second-order valence-electron chi connectivity index (χ2n) is 6.79. The highest BCUT2D eigenvalue weighted by atomic mass is 16.2.